The highest BCUT2D eigenvalue weighted by atomic mass is 16.5. The van der Waals surface area contributed by atoms with E-state index in [0.29, 0.717) is 25.6 Å². The topological polar surface area (TPSA) is 64.3 Å². The van der Waals surface area contributed by atoms with E-state index in [1.54, 1.807) is 0 Å². The van der Waals surface area contributed by atoms with Crippen molar-refractivity contribution in [3.63, 3.8) is 0 Å². The van der Waals surface area contributed by atoms with Gasteiger partial charge in [-0.3, -0.25) is 0 Å². The summed E-state index contributed by atoms with van der Waals surface area (Å²) in [6.45, 7) is 3.50. The van der Waals surface area contributed by atoms with E-state index in [4.69, 9.17) is 10.5 Å². The second-order valence-electron chi connectivity index (χ2n) is 3.95. The second kappa shape index (κ2) is 7.68. The molecule has 3 N–H and O–H groups in total. The van der Waals surface area contributed by atoms with Crippen LogP contribution in [0.3, 0.4) is 0 Å². The summed E-state index contributed by atoms with van der Waals surface area (Å²) in [7, 11) is 0. The minimum atomic E-state index is -0.388. The Labute approximate surface area is 102 Å². The lowest BCUT2D eigenvalue weighted by Gasteiger charge is -2.13. The van der Waals surface area contributed by atoms with E-state index in [-0.39, 0.29) is 6.09 Å². The van der Waals surface area contributed by atoms with Gasteiger partial charge in [-0.2, -0.15) is 0 Å². The van der Waals surface area contributed by atoms with Gasteiger partial charge >= 0.3 is 6.09 Å². The summed E-state index contributed by atoms with van der Waals surface area (Å²) in [5.74, 6) is 0.319. The van der Waals surface area contributed by atoms with Gasteiger partial charge in [-0.1, -0.05) is 43.7 Å². The third kappa shape index (κ3) is 5.36. The van der Waals surface area contributed by atoms with Gasteiger partial charge in [-0.25, -0.2) is 4.79 Å². The van der Waals surface area contributed by atoms with Crippen molar-refractivity contribution in [3.8, 4) is 0 Å². The lowest BCUT2D eigenvalue weighted by molar-refractivity contribution is 0.138. The first kappa shape index (κ1) is 13.5. The number of nitrogens with one attached hydrogen (secondary N) is 1. The van der Waals surface area contributed by atoms with E-state index in [9.17, 15) is 4.79 Å². The molecule has 0 aliphatic rings. The van der Waals surface area contributed by atoms with Gasteiger partial charge in [0.2, 0.25) is 0 Å². The Morgan fingerprint density at radius 3 is 2.71 bits per heavy atom. The summed E-state index contributed by atoms with van der Waals surface area (Å²) in [5, 5.41) is 2.71. The number of benzene rings is 1. The number of hydrogen-bond acceptors (Lipinski definition) is 3. The molecule has 0 bridgehead atoms. The first-order chi connectivity index (χ1) is 8.26. The standard InChI is InChI=1S/C13H20N2O2/c1-2-11(8-14)9-15-13(16)17-10-12-6-4-3-5-7-12/h3-7,11H,2,8-10,14H2,1H3,(H,15,16). The van der Waals surface area contributed by atoms with Gasteiger partial charge < -0.3 is 15.8 Å². The van der Waals surface area contributed by atoms with E-state index in [0.717, 1.165) is 12.0 Å². The SMILES string of the molecule is CCC(CN)CNC(=O)OCc1ccccc1. The molecule has 4 nitrogen and oxygen atoms in total. The molecule has 0 aliphatic carbocycles. The molecule has 0 radical (unpaired) electrons. The van der Waals surface area contributed by atoms with Crippen LogP contribution in [0.25, 0.3) is 0 Å². The zero-order chi connectivity index (χ0) is 12.5. The van der Waals surface area contributed by atoms with Crippen molar-refractivity contribution in [2.75, 3.05) is 13.1 Å². The normalized spacial score (nSPS) is 11.9. The zero-order valence-electron chi connectivity index (χ0n) is 10.2. The van der Waals surface area contributed by atoms with Crippen LogP contribution in [-0.4, -0.2) is 19.2 Å². The van der Waals surface area contributed by atoms with Crippen LogP contribution in [0.5, 0.6) is 0 Å². The lowest BCUT2D eigenvalue weighted by Crippen LogP contribution is -2.32. The van der Waals surface area contributed by atoms with Gasteiger partial charge in [-0.15, -0.1) is 0 Å². The summed E-state index contributed by atoms with van der Waals surface area (Å²) >= 11 is 0. The molecule has 1 aromatic rings. The Hall–Kier alpha value is -1.55. The van der Waals surface area contributed by atoms with E-state index >= 15 is 0 Å². The van der Waals surface area contributed by atoms with Crippen LogP contribution >= 0.6 is 0 Å². The van der Waals surface area contributed by atoms with Crippen LogP contribution < -0.4 is 11.1 Å². The first-order valence-corrected chi connectivity index (χ1v) is 5.90. The monoisotopic (exact) mass is 236 g/mol. The fourth-order valence-electron chi connectivity index (χ4n) is 1.40. The third-order valence-corrected chi connectivity index (χ3v) is 2.66. The second-order valence-corrected chi connectivity index (χ2v) is 3.95. The number of ether oxygens (including phenoxy) is 1. The Balaban J connectivity index is 2.22. The smallest absolute Gasteiger partial charge is 0.407 e. The summed E-state index contributed by atoms with van der Waals surface area (Å²) in [6, 6.07) is 9.59. The van der Waals surface area contributed by atoms with Gasteiger partial charge in [0.05, 0.1) is 0 Å². The van der Waals surface area contributed by atoms with Crippen molar-refractivity contribution in [1.29, 1.82) is 0 Å². The molecule has 1 rings (SSSR count). The average molecular weight is 236 g/mol. The Morgan fingerprint density at radius 1 is 1.41 bits per heavy atom. The molecule has 1 aromatic carbocycles. The predicted octanol–water partition coefficient (Wildman–Crippen LogP) is 1.90. The Kier molecular flexibility index (Phi) is 6.10. The van der Waals surface area contributed by atoms with Crippen molar-refractivity contribution < 1.29 is 9.53 Å². The quantitative estimate of drug-likeness (QED) is 0.792. The van der Waals surface area contributed by atoms with Crippen LogP contribution in [0.15, 0.2) is 30.3 Å². The molecule has 94 valence electrons. The average Bonchev–Trinajstić information content (AvgIpc) is 2.39. The number of carbonyl (C=O) groups excluding carboxylic acids is 1. The minimum absolute atomic E-state index is 0.298. The van der Waals surface area contributed by atoms with Gasteiger partial charge in [0.1, 0.15) is 6.61 Å². The number of alkyl carbamates (subject to hydrolysis) is 1. The molecule has 0 heterocycles. The molecule has 1 amide bonds. The number of hydrogen-bond donors (Lipinski definition) is 2. The summed E-state index contributed by atoms with van der Waals surface area (Å²) in [5.41, 5.74) is 6.52. The van der Waals surface area contributed by atoms with Crippen LogP contribution in [0, 0.1) is 5.92 Å². The molecule has 0 aromatic heterocycles. The molecule has 1 unspecified atom stereocenters. The summed E-state index contributed by atoms with van der Waals surface area (Å²) in [6.07, 6.45) is 0.566. The van der Waals surface area contributed by atoms with Crippen molar-refractivity contribution in [2.45, 2.75) is 20.0 Å². The van der Waals surface area contributed by atoms with Crippen LogP contribution in [0.2, 0.25) is 0 Å². The predicted molar refractivity (Wildman–Crippen MR) is 67.5 cm³/mol. The van der Waals surface area contributed by atoms with E-state index in [1.807, 2.05) is 30.3 Å². The van der Waals surface area contributed by atoms with Crippen LogP contribution in [0.1, 0.15) is 18.9 Å². The highest BCUT2D eigenvalue weighted by Gasteiger charge is 2.07. The molecule has 0 saturated heterocycles. The first-order valence-electron chi connectivity index (χ1n) is 5.90. The summed E-state index contributed by atoms with van der Waals surface area (Å²) in [4.78, 5) is 11.4. The molecule has 0 saturated carbocycles. The molecule has 0 aliphatic heterocycles. The van der Waals surface area contributed by atoms with E-state index in [2.05, 4.69) is 12.2 Å². The number of rotatable bonds is 6. The molecule has 0 spiro atoms. The molecule has 17 heavy (non-hydrogen) atoms. The molecule has 1 atom stereocenters. The van der Waals surface area contributed by atoms with Gasteiger partial charge in [0, 0.05) is 6.54 Å². The Bertz CT molecular complexity index is 323. The highest BCUT2D eigenvalue weighted by molar-refractivity contribution is 5.67. The van der Waals surface area contributed by atoms with Gasteiger partial charge in [0.15, 0.2) is 0 Å². The fraction of sp³-hybridized carbons (Fsp3) is 0.462. The maximum absolute atomic E-state index is 11.4. The molecular formula is C13H20N2O2. The maximum atomic E-state index is 11.4. The summed E-state index contributed by atoms with van der Waals surface area (Å²) < 4.78 is 5.08. The number of amides is 1. The highest BCUT2D eigenvalue weighted by Crippen LogP contribution is 2.01. The van der Waals surface area contributed by atoms with Crippen LogP contribution in [-0.2, 0) is 11.3 Å². The van der Waals surface area contributed by atoms with E-state index < -0.39 is 0 Å². The van der Waals surface area contributed by atoms with Crippen LogP contribution in [0.4, 0.5) is 4.79 Å². The maximum Gasteiger partial charge on any atom is 0.407 e. The molecule has 0 fully saturated rings. The Morgan fingerprint density at radius 2 is 2.12 bits per heavy atom. The van der Waals surface area contributed by atoms with Crippen molar-refractivity contribution >= 4 is 6.09 Å². The third-order valence-electron chi connectivity index (χ3n) is 2.66. The minimum Gasteiger partial charge on any atom is -0.445 e. The molecule has 4 heteroatoms. The van der Waals surface area contributed by atoms with Gasteiger partial charge in [-0.05, 0) is 18.0 Å². The largest absolute Gasteiger partial charge is 0.445 e. The van der Waals surface area contributed by atoms with E-state index in [1.165, 1.54) is 0 Å². The van der Waals surface area contributed by atoms with Gasteiger partial charge in [0.25, 0.3) is 0 Å². The van der Waals surface area contributed by atoms with Crippen molar-refractivity contribution in [1.82, 2.24) is 5.32 Å². The fourth-order valence-corrected chi connectivity index (χ4v) is 1.40. The lowest BCUT2D eigenvalue weighted by atomic mass is 10.1. The molecular weight excluding hydrogens is 216 g/mol. The number of nitrogens with two attached hydrogens (primary N) is 1. The van der Waals surface area contributed by atoms with Crippen molar-refractivity contribution in [2.24, 2.45) is 11.7 Å². The van der Waals surface area contributed by atoms with Crippen molar-refractivity contribution in [3.05, 3.63) is 35.9 Å². The zero-order valence-corrected chi connectivity index (χ0v) is 10.2. The number of carbonyl (C=O) groups is 1.